The van der Waals surface area contributed by atoms with Gasteiger partial charge in [0.15, 0.2) is 9.84 Å². The first-order valence-corrected chi connectivity index (χ1v) is 13.0. The van der Waals surface area contributed by atoms with Gasteiger partial charge in [-0.1, -0.05) is 6.07 Å². The van der Waals surface area contributed by atoms with Crippen LogP contribution < -0.4 is 9.47 Å². The molecule has 0 aromatic heterocycles. The number of methoxy groups -OCH3 is 1. The molecule has 176 valence electrons. The number of benzene rings is 2. The predicted octanol–water partition coefficient (Wildman–Crippen LogP) is 1.89. The minimum Gasteiger partial charge on any atom is -0.495 e. The van der Waals surface area contributed by atoms with E-state index in [-0.39, 0.29) is 33.6 Å². The first kappa shape index (κ1) is 25.6. The molecular formula is C21H28N2O7S2. The van der Waals surface area contributed by atoms with Gasteiger partial charge in [0.25, 0.3) is 5.91 Å². The first-order chi connectivity index (χ1) is 14.9. The molecule has 0 aliphatic carbocycles. The summed E-state index contributed by atoms with van der Waals surface area (Å²) in [6, 6.07) is 10.5. The Bertz CT molecular complexity index is 1180. The lowest BCUT2D eigenvalue weighted by Gasteiger charge is -2.19. The van der Waals surface area contributed by atoms with Gasteiger partial charge in [0.2, 0.25) is 10.0 Å². The molecule has 2 rings (SSSR count). The lowest BCUT2D eigenvalue weighted by Crippen LogP contribution is -2.29. The quantitative estimate of drug-likeness (QED) is 0.474. The minimum atomic E-state index is -3.79. The Balaban J connectivity index is 2.03. The number of amides is 1. The van der Waals surface area contributed by atoms with Crippen LogP contribution in [0.3, 0.4) is 0 Å². The van der Waals surface area contributed by atoms with Crippen molar-refractivity contribution < 1.29 is 31.1 Å². The van der Waals surface area contributed by atoms with E-state index in [1.54, 1.807) is 19.2 Å². The van der Waals surface area contributed by atoms with Crippen molar-refractivity contribution in [2.45, 2.75) is 16.2 Å². The van der Waals surface area contributed by atoms with E-state index in [2.05, 4.69) is 0 Å². The Morgan fingerprint density at radius 3 is 2.28 bits per heavy atom. The minimum absolute atomic E-state index is 0.0849. The Morgan fingerprint density at radius 1 is 1.00 bits per heavy atom. The van der Waals surface area contributed by atoms with Crippen molar-refractivity contribution in [1.82, 2.24) is 9.21 Å². The zero-order chi connectivity index (χ0) is 24.1. The number of carbonyl (C=O) groups excluding carboxylic acids is 1. The van der Waals surface area contributed by atoms with E-state index in [4.69, 9.17) is 9.47 Å². The summed E-state index contributed by atoms with van der Waals surface area (Å²) in [7, 11) is -1.34. The maximum atomic E-state index is 12.8. The molecule has 1 amide bonds. The maximum absolute atomic E-state index is 12.8. The van der Waals surface area contributed by atoms with Gasteiger partial charge >= 0.3 is 0 Å². The molecule has 0 aliphatic heterocycles. The lowest BCUT2D eigenvalue weighted by atomic mass is 10.2. The smallest absolute Gasteiger partial charge is 0.253 e. The van der Waals surface area contributed by atoms with Crippen LogP contribution in [0.5, 0.6) is 11.5 Å². The Morgan fingerprint density at radius 2 is 1.69 bits per heavy atom. The molecule has 11 heteroatoms. The van der Waals surface area contributed by atoms with Gasteiger partial charge in [-0.3, -0.25) is 4.79 Å². The fourth-order valence-corrected chi connectivity index (χ4v) is 4.55. The van der Waals surface area contributed by atoms with Crippen LogP contribution in [0.4, 0.5) is 0 Å². The van der Waals surface area contributed by atoms with Crippen molar-refractivity contribution in [3.05, 3.63) is 48.0 Å². The van der Waals surface area contributed by atoms with E-state index >= 15 is 0 Å². The number of carbonyl (C=O) groups is 1. The largest absolute Gasteiger partial charge is 0.495 e. The second-order valence-electron chi connectivity index (χ2n) is 7.33. The molecule has 0 saturated carbocycles. The number of rotatable bonds is 10. The molecule has 32 heavy (non-hydrogen) atoms. The Labute approximate surface area is 189 Å². The molecule has 0 fully saturated rings. The van der Waals surface area contributed by atoms with E-state index in [9.17, 15) is 21.6 Å². The second-order valence-corrected chi connectivity index (χ2v) is 11.5. The summed E-state index contributed by atoms with van der Waals surface area (Å²) in [4.78, 5) is 14.3. The van der Waals surface area contributed by atoms with Crippen molar-refractivity contribution >= 4 is 25.8 Å². The van der Waals surface area contributed by atoms with Gasteiger partial charge < -0.3 is 14.4 Å². The van der Waals surface area contributed by atoms with Gasteiger partial charge in [-0.05, 0) is 42.8 Å². The molecule has 0 aliphatic rings. The molecule has 0 heterocycles. The van der Waals surface area contributed by atoms with Gasteiger partial charge in [0, 0.05) is 39.5 Å². The molecule has 0 unspecified atom stereocenters. The lowest BCUT2D eigenvalue weighted by molar-refractivity contribution is 0.0787. The van der Waals surface area contributed by atoms with E-state index < -0.39 is 19.9 Å². The van der Waals surface area contributed by atoms with Gasteiger partial charge in [-0.2, -0.15) is 0 Å². The number of hydrogen-bond donors (Lipinski definition) is 0. The number of ether oxygens (including phenoxy) is 2. The number of nitrogens with zero attached hydrogens (tertiary/aromatic N) is 2. The highest BCUT2D eigenvalue weighted by Gasteiger charge is 2.24. The van der Waals surface area contributed by atoms with Crippen LogP contribution in [0.1, 0.15) is 16.8 Å². The van der Waals surface area contributed by atoms with Crippen molar-refractivity contribution in [2.24, 2.45) is 0 Å². The SMILES string of the molecule is COc1ccc(C(=O)N(C)CCCOc2cccc(S(C)(=O)=O)c2)cc1S(=O)(=O)N(C)C. The monoisotopic (exact) mass is 484 g/mol. The molecule has 0 atom stereocenters. The van der Waals surface area contributed by atoms with Crippen molar-refractivity contribution in [1.29, 1.82) is 0 Å². The summed E-state index contributed by atoms with van der Waals surface area (Å²) in [5, 5.41) is 0. The molecule has 0 radical (unpaired) electrons. The zero-order valence-electron chi connectivity index (χ0n) is 18.7. The van der Waals surface area contributed by atoms with Crippen LogP contribution in [0, 0.1) is 0 Å². The van der Waals surface area contributed by atoms with Crippen LogP contribution in [0.2, 0.25) is 0 Å². The van der Waals surface area contributed by atoms with Gasteiger partial charge in [0.1, 0.15) is 16.4 Å². The van der Waals surface area contributed by atoms with Crippen LogP contribution in [-0.4, -0.2) is 79.6 Å². The molecule has 2 aromatic carbocycles. The second kappa shape index (κ2) is 10.3. The normalized spacial score (nSPS) is 11.9. The summed E-state index contributed by atoms with van der Waals surface area (Å²) in [6.07, 6.45) is 1.62. The van der Waals surface area contributed by atoms with Crippen LogP contribution >= 0.6 is 0 Å². The molecule has 0 spiro atoms. The highest BCUT2D eigenvalue weighted by Crippen LogP contribution is 2.27. The van der Waals surface area contributed by atoms with Crippen molar-refractivity contribution in [2.75, 3.05) is 47.7 Å². The highest BCUT2D eigenvalue weighted by molar-refractivity contribution is 7.90. The predicted molar refractivity (Wildman–Crippen MR) is 120 cm³/mol. The average Bonchev–Trinajstić information content (AvgIpc) is 2.75. The maximum Gasteiger partial charge on any atom is 0.253 e. The fraction of sp³-hybridized carbons (Fsp3) is 0.381. The van der Waals surface area contributed by atoms with E-state index in [1.165, 1.54) is 56.4 Å². The summed E-state index contributed by atoms with van der Waals surface area (Å²) in [6.45, 7) is 0.625. The third-order valence-corrected chi connectivity index (χ3v) is 7.60. The van der Waals surface area contributed by atoms with Crippen molar-refractivity contribution in [3.63, 3.8) is 0 Å². The molecule has 0 bridgehead atoms. The molecule has 0 N–H and O–H groups in total. The van der Waals surface area contributed by atoms with Crippen LogP contribution in [-0.2, 0) is 19.9 Å². The fourth-order valence-electron chi connectivity index (χ4n) is 2.82. The molecule has 2 aromatic rings. The van der Waals surface area contributed by atoms with Crippen LogP contribution in [0.15, 0.2) is 52.3 Å². The highest BCUT2D eigenvalue weighted by atomic mass is 32.2. The molecule has 0 saturated heterocycles. The Hall–Kier alpha value is -2.63. The number of sulfone groups is 1. The van der Waals surface area contributed by atoms with Gasteiger partial charge in [-0.25, -0.2) is 21.1 Å². The summed E-state index contributed by atoms with van der Waals surface area (Å²) >= 11 is 0. The van der Waals surface area contributed by atoms with E-state index in [0.717, 1.165) is 10.6 Å². The standard InChI is InChI=1S/C21H28N2O7S2/c1-22(2)32(27,28)20-14-16(10-11-19(20)29-4)21(24)23(3)12-7-13-30-17-8-6-9-18(15-17)31(5,25)26/h6,8-11,14-15H,7,12-13H2,1-5H3. The molecule has 9 nitrogen and oxygen atoms in total. The third-order valence-electron chi connectivity index (χ3n) is 4.66. The average molecular weight is 485 g/mol. The van der Waals surface area contributed by atoms with E-state index in [0.29, 0.717) is 18.7 Å². The van der Waals surface area contributed by atoms with E-state index in [1.807, 2.05) is 0 Å². The molecular weight excluding hydrogens is 456 g/mol. The summed E-state index contributed by atoms with van der Waals surface area (Å²) in [5.74, 6) is 0.236. The topological polar surface area (TPSA) is 110 Å². The van der Waals surface area contributed by atoms with Gasteiger partial charge in [0.05, 0.1) is 18.6 Å². The number of sulfonamides is 1. The zero-order valence-corrected chi connectivity index (χ0v) is 20.4. The van der Waals surface area contributed by atoms with Gasteiger partial charge in [-0.15, -0.1) is 0 Å². The summed E-state index contributed by atoms with van der Waals surface area (Å²) in [5.41, 5.74) is 0.218. The Kier molecular flexibility index (Phi) is 8.27. The summed E-state index contributed by atoms with van der Waals surface area (Å²) < 4.78 is 60.2. The first-order valence-electron chi connectivity index (χ1n) is 9.67. The van der Waals surface area contributed by atoms with Crippen LogP contribution in [0.25, 0.3) is 0 Å². The van der Waals surface area contributed by atoms with Crippen molar-refractivity contribution in [3.8, 4) is 11.5 Å². The number of hydrogen-bond acceptors (Lipinski definition) is 7. The third kappa shape index (κ3) is 6.21.